The number of hydrogen-bond acceptors (Lipinski definition) is 2. The fourth-order valence-electron chi connectivity index (χ4n) is 3.93. The highest BCUT2D eigenvalue weighted by molar-refractivity contribution is 5.54. The van der Waals surface area contributed by atoms with Gasteiger partial charge in [0.25, 0.3) is 0 Å². The zero-order chi connectivity index (χ0) is 19.6. The minimum absolute atomic E-state index is 0.202. The molecule has 1 unspecified atom stereocenters. The van der Waals surface area contributed by atoms with Crippen molar-refractivity contribution in [2.75, 3.05) is 26.1 Å². The highest BCUT2D eigenvalue weighted by Crippen LogP contribution is 2.37. The van der Waals surface area contributed by atoms with Crippen LogP contribution in [0.4, 0.5) is 5.69 Å². The lowest BCUT2D eigenvalue weighted by molar-refractivity contribution is 0.414. The minimum atomic E-state index is 0.202. The molecule has 0 amide bonds. The molecular weight excluding hydrogens is 330 g/mol. The molecule has 2 heteroatoms. The van der Waals surface area contributed by atoms with Gasteiger partial charge in [0.15, 0.2) is 0 Å². The Kier molecular flexibility index (Phi) is 5.55. The van der Waals surface area contributed by atoms with E-state index in [0.717, 1.165) is 5.75 Å². The smallest absolute Gasteiger partial charge is 0.118 e. The van der Waals surface area contributed by atoms with Gasteiger partial charge in [0.1, 0.15) is 5.75 Å². The fourth-order valence-corrected chi connectivity index (χ4v) is 3.93. The molecule has 3 rings (SSSR count). The summed E-state index contributed by atoms with van der Waals surface area (Å²) in [6, 6.07) is 21.9. The predicted molar refractivity (Wildman–Crippen MR) is 115 cm³/mol. The normalized spacial score (nSPS) is 11.9. The zero-order valence-electron chi connectivity index (χ0n) is 17.2. The molecule has 0 radical (unpaired) electrons. The molecule has 3 aromatic rings. The summed E-state index contributed by atoms with van der Waals surface area (Å²) in [7, 11) is 5.86. The number of anilines is 1. The van der Waals surface area contributed by atoms with Gasteiger partial charge < -0.3 is 9.64 Å². The molecular formula is C25H29NO. The molecule has 140 valence electrons. The van der Waals surface area contributed by atoms with Crippen LogP contribution in [0.5, 0.6) is 5.75 Å². The largest absolute Gasteiger partial charge is 0.497 e. The second-order valence-corrected chi connectivity index (χ2v) is 7.50. The van der Waals surface area contributed by atoms with Gasteiger partial charge in [-0.05, 0) is 72.9 Å². The van der Waals surface area contributed by atoms with Crippen molar-refractivity contribution < 1.29 is 4.74 Å². The second kappa shape index (κ2) is 7.87. The topological polar surface area (TPSA) is 12.5 Å². The second-order valence-electron chi connectivity index (χ2n) is 7.50. The van der Waals surface area contributed by atoms with E-state index in [-0.39, 0.29) is 5.92 Å². The first kappa shape index (κ1) is 19.0. The van der Waals surface area contributed by atoms with E-state index in [1.165, 1.54) is 39.1 Å². The van der Waals surface area contributed by atoms with Crippen LogP contribution in [0.25, 0.3) is 0 Å². The maximum atomic E-state index is 5.36. The van der Waals surface area contributed by atoms with Gasteiger partial charge >= 0.3 is 0 Å². The number of benzene rings is 3. The summed E-state index contributed by atoms with van der Waals surface area (Å²) < 4.78 is 5.36. The molecule has 27 heavy (non-hydrogen) atoms. The van der Waals surface area contributed by atoms with E-state index in [9.17, 15) is 0 Å². The van der Waals surface area contributed by atoms with Gasteiger partial charge in [0.05, 0.1) is 7.11 Å². The Labute approximate surface area is 163 Å². The van der Waals surface area contributed by atoms with E-state index >= 15 is 0 Å². The summed E-state index contributed by atoms with van der Waals surface area (Å²) in [6.07, 6.45) is 0. The highest BCUT2D eigenvalue weighted by atomic mass is 16.5. The number of aryl methyl sites for hydroxylation is 3. The highest BCUT2D eigenvalue weighted by Gasteiger charge is 2.21. The number of hydrogen-bond donors (Lipinski definition) is 0. The molecule has 0 N–H and O–H groups in total. The summed E-state index contributed by atoms with van der Waals surface area (Å²) >= 11 is 0. The van der Waals surface area contributed by atoms with E-state index < -0.39 is 0 Å². The summed E-state index contributed by atoms with van der Waals surface area (Å²) in [6.45, 7) is 6.61. The third kappa shape index (κ3) is 4.00. The molecule has 0 saturated carbocycles. The van der Waals surface area contributed by atoms with Crippen LogP contribution < -0.4 is 9.64 Å². The van der Waals surface area contributed by atoms with Crippen molar-refractivity contribution in [1.82, 2.24) is 0 Å². The summed E-state index contributed by atoms with van der Waals surface area (Å²) in [5.41, 5.74) is 9.18. The maximum absolute atomic E-state index is 5.36. The lowest BCUT2D eigenvalue weighted by Crippen LogP contribution is -2.10. The Bertz CT molecular complexity index is 885. The molecule has 0 aliphatic heterocycles. The number of nitrogens with zero attached hydrogens (tertiary/aromatic N) is 1. The van der Waals surface area contributed by atoms with Crippen molar-refractivity contribution in [2.24, 2.45) is 0 Å². The van der Waals surface area contributed by atoms with E-state index in [1.807, 2.05) is 0 Å². The third-order valence-corrected chi connectivity index (χ3v) is 5.22. The summed E-state index contributed by atoms with van der Waals surface area (Å²) in [5.74, 6) is 1.09. The summed E-state index contributed by atoms with van der Waals surface area (Å²) in [4.78, 5) is 2.13. The monoisotopic (exact) mass is 359 g/mol. The van der Waals surface area contributed by atoms with Crippen molar-refractivity contribution in [3.63, 3.8) is 0 Å². The SMILES string of the molecule is COc1ccc(C(c2ccc(N(C)C)cc2)c2c(C)cc(C)cc2C)cc1. The van der Waals surface area contributed by atoms with Crippen molar-refractivity contribution in [2.45, 2.75) is 26.7 Å². The number of ether oxygens (including phenoxy) is 1. The predicted octanol–water partition coefficient (Wildman–Crippen LogP) is 5.87. The molecule has 0 spiro atoms. The van der Waals surface area contributed by atoms with Crippen LogP contribution in [0.3, 0.4) is 0 Å². The van der Waals surface area contributed by atoms with Gasteiger partial charge in [-0.1, -0.05) is 42.0 Å². The van der Waals surface area contributed by atoms with Crippen molar-refractivity contribution in [3.05, 3.63) is 94.0 Å². The van der Waals surface area contributed by atoms with Crippen molar-refractivity contribution in [1.29, 1.82) is 0 Å². The fraction of sp³-hybridized carbons (Fsp3) is 0.280. The van der Waals surface area contributed by atoms with Crippen LogP contribution in [0.1, 0.15) is 39.3 Å². The molecule has 2 nitrogen and oxygen atoms in total. The lowest BCUT2D eigenvalue weighted by atomic mass is 9.80. The first-order chi connectivity index (χ1) is 12.9. The summed E-state index contributed by atoms with van der Waals surface area (Å²) in [5, 5.41) is 0. The molecule has 0 heterocycles. The van der Waals surface area contributed by atoms with Gasteiger partial charge in [-0.3, -0.25) is 0 Å². The molecule has 0 aromatic heterocycles. The van der Waals surface area contributed by atoms with Gasteiger partial charge in [-0.15, -0.1) is 0 Å². The van der Waals surface area contributed by atoms with Gasteiger partial charge in [-0.25, -0.2) is 0 Å². The van der Waals surface area contributed by atoms with Crippen LogP contribution in [0.2, 0.25) is 0 Å². The first-order valence-corrected chi connectivity index (χ1v) is 9.39. The number of methoxy groups -OCH3 is 1. The quantitative estimate of drug-likeness (QED) is 0.529. The molecule has 0 aliphatic carbocycles. The Balaban J connectivity index is 2.17. The molecule has 0 bridgehead atoms. The van der Waals surface area contributed by atoms with Crippen molar-refractivity contribution >= 4 is 5.69 Å². The minimum Gasteiger partial charge on any atom is -0.497 e. The average molecular weight is 360 g/mol. The van der Waals surface area contributed by atoms with Gasteiger partial charge in [0, 0.05) is 25.7 Å². The molecule has 0 saturated heterocycles. The van der Waals surface area contributed by atoms with Crippen LogP contribution in [0, 0.1) is 20.8 Å². The molecule has 0 fully saturated rings. The van der Waals surface area contributed by atoms with E-state index in [4.69, 9.17) is 4.74 Å². The van der Waals surface area contributed by atoms with Crippen LogP contribution in [-0.4, -0.2) is 21.2 Å². The van der Waals surface area contributed by atoms with E-state index in [0.29, 0.717) is 0 Å². The lowest BCUT2D eigenvalue weighted by Gasteiger charge is -2.24. The number of rotatable bonds is 5. The van der Waals surface area contributed by atoms with Gasteiger partial charge in [0.2, 0.25) is 0 Å². The van der Waals surface area contributed by atoms with Crippen LogP contribution >= 0.6 is 0 Å². The standard InChI is InChI=1S/C25H29NO/c1-17-15-18(2)24(19(3)16-17)25(21-9-13-23(27-6)14-10-21)20-7-11-22(12-8-20)26(4)5/h7-16,25H,1-6H3. The molecule has 1 atom stereocenters. The van der Waals surface area contributed by atoms with Crippen molar-refractivity contribution in [3.8, 4) is 5.75 Å². The third-order valence-electron chi connectivity index (χ3n) is 5.22. The molecule has 0 aliphatic rings. The van der Waals surface area contributed by atoms with Crippen LogP contribution in [-0.2, 0) is 0 Å². The Morgan fingerprint density at radius 3 is 1.67 bits per heavy atom. The van der Waals surface area contributed by atoms with Gasteiger partial charge in [-0.2, -0.15) is 0 Å². The average Bonchev–Trinajstić information content (AvgIpc) is 2.65. The van der Waals surface area contributed by atoms with E-state index in [1.54, 1.807) is 7.11 Å². The van der Waals surface area contributed by atoms with E-state index in [2.05, 4.69) is 100 Å². The first-order valence-electron chi connectivity index (χ1n) is 9.39. The Hall–Kier alpha value is -2.74. The maximum Gasteiger partial charge on any atom is 0.118 e. The Morgan fingerprint density at radius 2 is 1.22 bits per heavy atom. The molecule has 3 aromatic carbocycles. The van der Waals surface area contributed by atoms with Crippen LogP contribution in [0.15, 0.2) is 60.7 Å². The zero-order valence-corrected chi connectivity index (χ0v) is 17.2. The Morgan fingerprint density at radius 1 is 0.741 bits per heavy atom.